The number of carbonyl (C=O) groups excluding carboxylic acids is 2. The van der Waals surface area contributed by atoms with Crippen LogP contribution in [0.3, 0.4) is 0 Å². The van der Waals surface area contributed by atoms with Crippen LogP contribution in [0.25, 0.3) is 10.8 Å². The van der Waals surface area contributed by atoms with E-state index in [1.54, 1.807) is 24.3 Å². The van der Waals surface area contributed by atoms with Crippen LogP contribution >= 0.6 is 11.6 Å². The molecule has 2 amide bonds. The topological polar surface area (TPSA) is 93.3 Å². The van der Waals surface area contributed by atoms with Crippen molar-refractivity contribution in [2.75, 3.05) is 59.4 Å². The Labute approximate surface area is 229 Å². The average molecular weight is 562 g/mol. The second-order valence-electron chi connectivity index (χ2n) is 10.7. The Balaban J connectivity index is 1.21. The van der Waals surface area contributed by atoms with Gasteiger partial charge in [0.1, 0.15) is 6.04 Å². The average Bonchev–Trinajstić information content (AvgIpc) is 3.35. The molecule has 2 unspecified atom stereocenters. The van der Waals surface area contributed by atoms with E-state index < -0.39 is 16.1 Å². The van der Waals surface area contributed by atoms with Gasteiger partial charge in [-0.3, -0.25) is 14.5 Å². The second-order valence-corrected chi connectivity index (χ2v) is 12.9. The molecule has 2 atom stereocenters. The lowest BCUT2D eigenvalue weighted by Gasteiger charge is -2.37. The minimum atomic E-state index is -3.94. The quantitative estimate of drug-likeness (QED) is 0.556. The lowest BCUT2D eigenvalue weighted by Crippen LogP contribution is -2.55. The summed E-state index contributed by atoms with van der Waals surface area (Å²) in [4.78, 5) is 34.8. The summed E-state index contributed by atoms with van der Waals surface area (Å²) in [6.07, 6.45) is 2.98. The van der Waals surface area contributed by atoms with Crippen LogP contribution in [0.2, 0.25) is 5.02 Å². The summed E-state index contributed by atoms with van der Waals surface area (Å²) in [6, 6.07) is 9.39. The molecule has 38 heavy (non-hydrogen) atoms. The normalized spacial score (nSPS) is 23.9. The van der Waals surface area contributed by atoms with E-state index in [1.165, 1.54) is 11.0 Å². The summed E-state index contributed by atoms with van der Waals surface area (Å²) in [7, 11) is -1.81. The van der Waals surface area contributed by atoms with Gasteiger partial charge in [0.05, 0.1) is 11.4 Å². The highest BCUT2D eigenvalue weighted by atomic mass is 35.5. The highest BCUT2D eigenvalue weighted by molar-refractivity contribution is 7.89. The van der Waals surface area contributed by atoms with Gasteiger partial charge in [-0.2, -0.15) is 4.72 Å². The minimum absolute atomic E-state index is 0.00915. The number of rotatable bonds is 7. The van der Waals surface area contributed by atoms with Crippen LogP contribution in [0.1, 0.15) is 25.7 Å². The third-order valence-corrected chi connectivity index (χ3v) is 9.70. The van der Waals surface area contributed by atoms with Crippen molar-refractivity contribution in [1.82, 2.24) is 24.3 Å². The SMILES string of the molecule is CN1CCN(CC2CCCN2C(=O)CN2CCCC(NS(=O)(=O)c3ccc4ccc(Cl)cc4c3)C2=O)CC1. The van der Waals surface area contributed by atoms with Gasteiger partial charge in [0.25, 0.3) is 0 Å². The molecule has 0 aromatic heterocycles. The summed E-state index contributed by atoms with van der Waals surface area (Å²) in [6.45, 7) is 6.10. The van der Waals surface area contributed by atoms with Gasteiger partial charge in [-0.1, -0.05) is 23.7 Å². The highest BCUT2D eigenvalue weighted by Gasteiger charge is 2.36. The van der Waals surface area contributed by atoms with Crippen molar-refractivity contribution >= 4 is 44.2 Å². The number of hydrogen-bond acceptors (Lipinski definition) is 6. The molecule has 2 aromatic rings. The first kappa shape index (κ1) is 27.3. The minimum Gasteiger partial charge on any atom is -0.337 e. The van der Waals surface area contributed by atoms with Crippen LogP contribution in [-0.4, -0.2) is 111 Å². The maximum absolute atomic E-state index is 13.3. The molecule has 206 valence electrons. The fraction of sp³-hybridized carbons (Fsp3) is 0.556. The van der Waals surface area contributed by atoms with Crippen molar-refractivity contribution in [3.05, 3.63) is 41.4 Å². The molecule has 3 heterocycles. The number of likely N-dealkylation sites (tertiary alicyclic amines) is 2. The Hall–Kier alpha value is -2.24. The zero-order valence-corrected chi connectivity index (χ0v) is 23.4. The number of fused-ring (bicyclic) bond motifs is 1. The van der Waals surface area contributed by atoms with Crippen LogP contribution in [0.5, 0.6) is 0 Å². The molecule has 1 N–H and O–H groups in total. The number of piperazine rings is 1. The number of sulfonamides is 1. The number of nitrogens with one attached hydrogen (secondary N) is 1. The number of piperidine rings is 1. The van der Waals surface area contributed by atoms with E-state index >= 15 is 0 Å². The molecule has 11 heteroatoms. The Bertz CT molecular complexity index is 1300. The molecule has 0 bridgehead atoms. The van der Waals surface area contributed by atoms with Gasteiger partial charge in [-0.25, -0.2) is 8.42 Å². The van der Waals surface area contributed by atoms with E-state index in [4.69, 9.17) is 11.6 Å². The molecule has 2 aromatic carbocycles. The summed E-state index contributed by atoms with van der Waals surface area (Å²) in [5.74, 6) is -0.392. The van der Waals surface area contributed by atoms with Gasteiger partial charge in [0.2, 0.25) is 21.8 Å². The van der Waals surface area contributed by atoms with Crippen molar-refractivity contribution in [2.24, 2.45) is 0 Å². The van der Waals surface area contributed by atoms with E-state index in [-0.39, 0.29) is 29.3 Å². The third-order valence-electron chi connectivity index (χ3n) is 8.00. The van der Waals surface area contributed by atoms with Crippen molar-refractivity contribution < 1.29 is 18.0 Å². The lowest BCUT2D eigenvalue weighted by atomic mass is 10.1. The molecule has 0 radical (unpaired) electrons. The Morgan fingerprint density at radius 3 is 2.50 bits per heavy atom. The fourth-order valence-corrected chi connectivity index (χ4v) is 7.20. The number of benzene rings is 2. The summed E-state index contributed by atoms with van der Waals surface area (Å²) in [5.41, 5.74) is 0. The third kappa shape index (κ3) is 6.15. The summed E-state index contributed by atoms with van der Waals surface area (Å²) >= 11 is 6.08. The molecule has 3 aliphatic heterocycles. The van der Waals surface area contributed by atoms with Crippen molar-refractivity contribution in [1.29, 1.82) is 0 Å². The van der Waals surface area contributed by atoms with Crippen molar-refractivity contribution in [3.63, 3.8) is 0 Å². The first-order valence-corrected chi connectivity index (χ1v) is 15.3. The molecule has 0 spiro atoms. The van der Waals surface area contributed by atoms with Gasteiger partial charge in [0.15, 0.2) is 0 Å². The van der Waals surface area contributed by atoms with Crippen LogP contribution in [0.15, 0.2) is 41.3 Å². The summed E-state index contributed by atoms with van der Waals surface area (Å²) < 4.78 is 28.9. The highest BCUT2D eigenvalue weighted by Crippen LogP contribution is 2.24. The Morgan fingerprint density at radius 2 is 1.71 bits per heavy atom. The van der Waals surface area contributed by atoms with E-state index in [1.807, 2.05) is 11.0 Å². The monoisotopic (exact) mass is 561 g/mol. The predicted molar refractivity (Wildman–Crippen MR) is 148 cm³/mol. The zero-order valence-electron chi connectivity index (χ0n) is 21.8. The van der Waals surface area contributed by atoms with Crippen LogP contribution in [0.4, 0.5) is 0 Å². The first-order valence-electron chi connectivity index (χ1n) is 13.4. The van der Waals surface area contributed by atoms with Gasteiger partial charge in [0, 0.05) is 56.9 Å². The van der Waals surface area contributed by atoms with Crippen LogP contribution < -0.4 is 4.72 Å². The van der Waals surface area contributed by atoms with Crippen LogP contribution in [0, 0.1) is 0 Å². The standard InChI is InChI=1S/C27H36ClN5O4S/c1-30-12-14-31(15-13-30)18-23-4-2-11-33(23)26(34)19-32-10-3-5-25(27(32)35)29-38(36,37)24-9-7-20-6-8-22(28)16-21(20)17-24/h6-9,16-17,23,25,29H,2-5,10-15,18-19H2,1H3. The van der Waals surface area contributed by atoms with Gasteiger partial charge >= 0.3 is 0 Å². The zero-order chi connectivity index (χ0) is 26.9. The number of hydrogen-bond donors (Lipinski definition) is 1. The molecular weight excluding hydrogens is 526 g/mol. The molecule has 0 saturated carbocycles. The second kappa shape index (κ2) is 11.5. The van der Waals surface area contributed by atoms with Gasteiger partial charge < -0.3 is 14.7 Å². The molecular formula is C27H36ClN5O4S. The molecule has 0 aliphatic carbocycles. The van der Waals surface area contributed by atoms with Crippen LogP contribution in [-0.2, 0) is 19.6 Å². The Kier molecular flexibility index (Phi) is 8.25. The predicted octanol–water partition coefficient (Wildman–Crippen LogP) is 2.00. The lowest BCUT2D eigenvalue weighted by molar-refractivity contribution is -0.143. The maximum atomic E-state index is 13.3. The number of nitrogens with zero attached hydrogens (tertiary/aromatic N) is 4. The molecule has 3 fully saturated rings. The van der Waals surface area contributed by atoms with Gasteiger partial charge in [-0.15, -0.1) is 0 Å². The smallest absolute Gasteiger partial charge is 0.242 e. The van der Waals surface area contributed by atoms with E-state index in [0.717, 1.165) is 51.0 Å². The fourth-order valence-electron chi connectivity index (χ4n) is 5.76. The number of carbonyl (C=O) groups is 2. The Morgan fingerprint density at radius 1 is 0.974 bits per heavy atom. The van der Waals surface area contributed by atoms with E-state index in [0.29, 0.717) is 36.3 Å². The van der Waals surface area contributed by atoms with E-state index in [2.05, 4.69) is 21.6 Å². The molecule has 3 aliphatic rings. The number of halogens is 1. The molecule has 3 saturated heterocycles. The van der Waals surface area contributed by atoms with Gasteiger partial charge in [-0.05, 0) is 67.8 Å². The molecule has 5 rings (SSSR count). The number of amides is 2. The van der Waals surface area contributed by atoms with Crippen molar-refractivity contribution in [3.8, 4) is 0 Å². The maximum Gasteiger partial charge on any atom is 0.242 e. The van der Waals surface area contributed by atoms with E-state index in [9.17, 15) is 18.0 Å². The molecule has 9 nitrogen and oxygen atoms in total. The number of likely N-dealkylation sites (N-methyl/N-ethyl adjacent to an activating group) is 1. The largest absolute Gasteiger partial charge is 0.337 e. The first-order chi connectivity index (χ1) is 18.2. The summed E-state index contributed by atoms with van der Waals surface area (Å²) in [5, 5.41) is 2.10. The van der Waals surface area contributed by atoms with Crippen molar-refractivity contribution in [2.45, 2.75) is 42.7 Å².